The van der Waals surface area contributed by atoms with Crippen molar-refractivity contribution in [3.63, 3.8) is 0 Å². The van der Waals surface area contributed by atoms with Gasteiger partial charge in [-0.05, 0) is 30.1 Å². The van der Waals surface area contributed by atoms with Crippen LogP contribution in [-0.2, 0) is 6.61 Å². The molecular weight excluding hydrogens is 227 g/mol. The smallest absolute Gasteiger partial charge is 0.488 e. The first-order valence-corrected chi connectivity index (χ1v) is 5.79. The van der Waals surface area contributed by atoms with Gasteiger partial charge in [0.2, 0.25) is 0 Å². The summed E-state index contributed by atoms with van der Waals surface area (Å²) in [5, 5.41) is 18.1. The molecule has 0 aliphatic heterocycles. The van der Waals surface area contributed by atoms with E-state index in [1.807, 2.05) is 25.1 Å². The maximum absolute atomic E-state index is 9.07. The first-order chi connectivity index (χ1) is 8.65. The summed E-state index contributed by atoms with van der Waals surface area (Å²) in [5.74, 6) is 0.627. The van der Waals surface area contributed by atoms with Crippen LogP contribution in [0.3, 0.4) is 0 Å². The van der Waals surface area contributed by atoms with E-state index in [1.165, 1.54) is 5.56 Å². The van der Waals surface area contributed by atoms with E-state index in [0.29, 0.717) is 17.8 Å². The fourth-order valence-electron chi connectivity index (χ4n) is 1.73. The van der Waals surface area contributed by atoms with Crippen LogP contribution in [0.25, 0.3) is 0 Å². The lowest BCUT2D eigenvalue weighted by Crippen LogP contribution is -2.29. The van der Waals surface area contributed by atoms with Gasteiger partial charge < -0.3 is 14.8 Å². The Morgan fingerprint density at radius 1 is 1.06 bits per heavy atom. The van der Waals surface area contributed by atoms with Crippen LogP contribution >= 0.6 is 0 Å². The minimum Gasteiger partial charge on any atom is -0.489 e. The van der Waals surface area contributed by atoms with Gasteiger partial charge in [0.15, 0.2) is 0 Å². The van der Waals surface area contributed by atoms with Crippen molar-refractivity contribution in [2.24, 2.45) is 0 Å². The molecule has 2 N–H and O–H groups in total. The van der Waals surface area contributed by atoms with Gasteiger partial charge in [-0.2, -0.15) is 0 Å². The highest BCUT2D eigenvalue weighted by molar-refractivity contribution is 6.58. The van der Waals surface area contributed by atoms with Crippen LogP contribution in [0, 0.1) is 6.92 Å². The van der Waals surface area contributed by atoms with Gasteiger partial charge in [-0.3, -0.25) is 0 Å². The highest BCUT2D eigenvalue weighted by Gasteiger charge is 2.10. The van der Waals surface area contributed by atoms with Gasteiger partial charge in [-0.15, -0.1) is 0 Å². The van der Waals surface area contributed by atoms with Crippen molar-refractivity contribution in [2.45, 2.75) is 13.5 Å². The second-order valence-corrected chi connectivity index (χ2v) is 4.22. The minimum absolute atomic E-state index is 0.428. The molecule has 0 saturated carbocycles. The SMILES string of the molecule is Cc1cccc(COc2cccc(B(O)O)c2)c1. The molecule has 0 bridgehead atoms. The fraction of sp³-hybridized carbons (Fsp3) is 0.143. The molecule has 92 valence electrons. The van der Waals surface area contributed by atoms with Gasteiger partial charge in [0, 0.05) is 0 Å². The monoisotopic (exact) mass is 242 g/mol. The van der Waals surface area contributed by atoms with E-state index < -0.39 is 7.12 Å². The molecule has 0 fully saturated rings. The van der Waals surface area contributed by atoms with Crippen LogP contribution in [0.2, 0.25) is 0 Å². The van der Waals surface area contributed by atoms with Gasteiger partial charge in [0.1, 0.15) is 12.4 Å². The molecule has 0 aliphatic carbocycles. The van der Waals surface area contributed by atoms with E-state index in [4.69, 9.17) is 14.8 Å². The van der Waals surface area contributed by atoms with E-state index in [0.717, 1.165) is 5.56 Å². The van der Waals surface area contributed by atoms with Crippen LogP contribution in [0.1, 0.15) is 11.1 Å². The third kappa shape index (κ3) is 3.36. The van der Waals surface area contributed by atoms with Crippen molar-refractivity contribution in [1.82, 2.24) is 0 Å². The molecule has 3 nitrogen and oxygen atoms in total. The maximum atomic E-state index is 9.07. The normalized spacial score (nSPS) is 10.2. The van der Waals surface area contributed by atoms with E-state index in [-0.39, 0.29) is 0 Å². The predicted octanol–water partition coefficient (Wildman–Crippen LogP) is 1.25. The van der Waals surface area contributed by atoms with Crippen molar-refractivity contribution < 1.29 is 14.8 Å². The third-order valence-corrected chi connectivity index (χ3v) is 2.64. The molecule has 18 heavy (non-hydrogen) atoms. The molecule has 0 amide bonds. The van der Waals surface area contributed by atoms with Crippen molar-refractivity contribution in [2.75, 3.05) is 0 Å². The number of hydrogen-bond donors (Lipinski definition) is 2. The predicted molar refractivity (Wildman–Crippen MR) is 71.8 cm³/mol. The van der Waals surface area contributed by atoms with E-state index in [2.05, 4.69) is 6.07 Å². The standard InChI is InChI=1S/C14H15BO3/c1-11-4-2-5-12(8-11)10-18-14-7-3-6-13(9-14)15(16)17/h2-9,16-17H,10H2,1H3. The number of rotatable bonds is 4. The summed E-state index contributed by atoms with van der Waals surface area (Å²) in [6, 6.07) is 14.9. The van der Waals surface area contributed by atoms with Crippen LogP contribution in [0.5, 0.6) is 5.75 Å². The van der Waals surface area contributed by atoms with Gasteiger partial charge in [0.05, 0.1) is 0 Å². The summed E-state index contributed by atoms with van der Waals surface area (Å²) in [4.78, 5) is 0. The molecule has 2 aromatic rings. The summed E-state index contributed by atoms with van der Waals surface area (Å²) in [5.41, 5.74) is 2.71. The molecule has 0 heterocycles. The molecule has 0 saturated heterocycles. The zero-order valence-corrected chi connectivity index (χ0v) is 10.2. The summed E-state index contributed by atoms with van der Waals surface area (Å²) in [6.07, 6.45) is 0. The van der Waals surface area contributed by atoms with Gasteiger partial charge in [0.25, 0.3) is 0 Å². The number of benzene rings is 2. The van der Waals surface area contributed by atoms with Crippen LogP contribution in [0.4, 0.5) is 0 Å². The lowest BCUT2D eigenvalue weighted by Gasteiger charge is -2.08. The maximum Gasteiger partial charge on any atom is 0.488 e. The molecule has 2 aromatic carbocycles. The average Bonchev–Trinajstić information content (AvgIpc) is 2.37. The second-order valence-electron chi connectivity index (χ2n) is 4.22. The summed E-state index contributed by atoms with van der Waals surface area (Å²) in [6.45, 7) is 2.50. The van der Waals surface area contributed by atoms with Gasteiger partial charge in [-0.25, -0.2) is 0 Å². The van der Waals surface area contributed by atoms with E-state index in [1.54, 1.807) is 24.3 Å². The van der Waals surface area contributed by atoms with Crippen molar-refractivity contribution in [3.8, 4) is 5.75 Å². The van der Waals surface area contributed by atoms with Crippen LogP contribution in [0.15, 0.2) is 48.5 Å². The van der Waals surface area contributed by atoms with E-state index >= 15 is 0 Å². The number of aryl methyl sites for hydroxylation is 1. The molecule has 0 radical (unpaired) electrons. The number of hydrogen-bond acceptors (Lipinski definition) is 3. The Morgan fingerprint density at radius 3 is 2.56 bits per heavy atom. The van der Waals surface area contributed by atoms with Crippen molar-refractivity contribution in [1.29, 1.82) is 0 Å². The zero-order chi connectivity index (χ0) is 13.0. The topological polar surface area (TPSA) is 49.7 Å². The molecule has 0 spiro atoms. The highest BCUT2D eigenvalue weighted by Crippen LogP contribution is 2.11. The second kappa shape index (κ2) is 5.71. The zero-order valence-electron chi connectivity index (χ0n) is 10.2. The summed E-state index contributed by atoms with van der Waals surface area (Å²) < 4.78 is 5.62. The Hall–Kier alpha value is -1.78. The Bertz CT molecular complexity index is 526. The molecule has 0 unspecified atom stereocenters. The molecule has 0 aliphatic rings. The van der Waals surface area contributed by atoms with Crippen molar-refractivity contribution >= 4 is 12.6 Å². The number of ether oxygens (including phenoxy) is 1. The van der Waals surface area contributed by atoms with Crippen LogP contribution in [-0.4, -0.2) is 17.2 Å². The molecule has 4 heteroatoms. The van der Waals surface area contributed by atoms with Gasteiger partial charge in [-0.1, -0.05) is 42.0 Å². The Labute approximate surface area is 107 Å². The van der Waals surface area contributed by atoms with Gasteiger partial charge >= 0.3 is 7.12 Å². The molecule has 2 rings (SSSR count). The third-order valence-electron chi connectivity index (χ3n) is 2.64. The Morgan fingerprint density at radius 2 is 1.83 bits per heavy atom. The molecule has 0 aromatic heterocycles. The van der Waals surface area contributed by atoms with E-state index in [9.17, 15) is 0 Å². The Balaban J connectivity index is 2.04. The summed E-state index contributed by atoms with van der Waals surface area (Å²) in [7, 11) is -1.47. The quantitative estimate of drug-likeness (QED) is 0.793. The minimum atomic E-state index is -1.47. The average molecular weight is 242 g/mol. The van der Waals surface area contributed by atoms with Crippen LogP contribution < -0.4 is 10.2 Å². The Kier molecular flexibility index (Phi) is 4.02. The first-order valence-electron chi connectivity index (χ1n) is 5.79. The lowest BCUT2D eigenvalue weighted by atomic mass is 9.80. The highest BCUT2D eigenvalue weighted by atomic mass is 16.5. The van der Waals surface area contributed by atoms with Crippen molar-refractivity contribution in [3.05, 3.63) is 59.7 Å². The lowest BCUT2D eigenvalue weighted by molar-refractivity contribution is 0.306. The molecule has 0 atom stereocenters. The first kappa shape index (κ1) is 12.7. The summed E-state index contributed by atoms with van der Waals surface area (Å²) >= 11 is 0. The largest absolute Gasteiger partial charge is 0.489 e. The fourth-order valence-corrected chi connectivity index (χ4v) is 1.73. The molecular formula is C14H15BO3.